The van der Waals surface area contributed by atoms with E-state index in [4.69, 9.17) is 0 Å². The summed E-state index contributed by atoms with van der Waals surface area (Å²) in [6.07, 6.45) is 3.83. The molecule has 1 atom stereocenters. The number of benzene rings is 1. The molecule has 0 unspecified atom stereocenters. The van der Waals surface area contributed by atoms with Crippen molar-refractivity contribution in [3.8, 4) is 0 Å². The molecule has 20 heavy (non-hydrogen) atoms. The minimum atomic E-state index is -1.16. The zero-order valence-corrected chi connectivity index (χ0v) is 11.2. The molecule has 0 spiro atoms. The summed E-state index contributed by atoms with van der Waals surface area (Å²) in [7, 11) is 0. The van der Waals surface area contributed by atoms with Gasteiger partial charge in [-0.15, -0.1) is 0 Å². The summed E-state index contributed by atoms with van der Waals surface area (Å²) in [4.78, 5) is 11.9. The van der Waals surface area contributed by atoms with E-state index in [-0.39, 0.29) is 23.9 Å². The lowest BCUT2D eigenvalue weighted by Crippen LogP contribution is -2.34. The van der Waals surface area contributed by atoms with E-state index < -0.39 is 17.7 Å². The molecule has 1 aliphatic rings. The third-order valence-electron chi connectivity index (χ3n) is 3.77. The maximum atomic E-state index is 13.5. The monoisotopic (exact) mass is 283 g/mol. The highest BCUT2D eigenvalue weighted by Gasteiger charge is 2.22. The first kappa shape index (κ1) is 14.9. The molecule has 5 heteroatoms. The van der Waals surface area contributed by atoms with E-state index in [2.05, 4.69) is 5.32 Å². The standard InChI is InChI=1S/C15H19F2NO2/c16-11-6-7-12(13(17)8-11)14(19)9-18-15(20)10-4-2-1-3-5-10/h6-8,10,14,19H,1-5,9H2,(H,18,20)/t14-/m1/s1. The van der Waals surface area contributed by atoms with Crippen LogP contribution in [0, 0.1) is 17.6 Å². The molecule has 1 amide bonds. The first-order valence-electron chi connectivity index (χ1n) is 6.98. The van der Waals surface area contributed by atoms with E-state index in [1.54, 1.807) is 0 Å². The van der Waals surface area contributed by atoms with Crippen LogP contribution >= 0.6 is 0 Å². The Kier molecular flexibility index (Phi) is 5.06. The minimum Gasteiger partial charge on any atom is -0.386 e. The quantitative estimate of drug-likeness (QED) is 0.892. The fourth-order valence-electron chi connectivity index (χ4n) is 2.59. The lowest BCUT2D eigenvalue weighted by atomic mass is 9.88. The molecule has 0 aromatic heterocycles. The van der Waals surface area contributed by atoms with Crippen LogP contribution in [-0.4, -0.2) is 17.6 Å². The largest absolute Gasteiger partial charge is 0.386 e. The molecule has 1 aromatic carbocycles. The van der Waals surface area contributed by atoms with Crippen LogP contribution < -0.4 is 5.32 Å². The molecule has 3 nitrogen and oxygen atoms in total. The number of carbonyl (C=O) groups excluding carboxylic acids is 1. The zero-order valence-electron chi connectivity index (χ0n) is 11.2. The summed E-state index contributed by atoms with van der Waals surface area (Å²) in [5.41, 5.74) is -0.00431. The number of nitrogens with one attached hydrogen (secondary N) is 1. The molecule has 1 aromatic rings. The zero-order chi connectivity index (χ0) is 14.5. The number of hydrogen-bond acceptors (Lipinski definition) is 2. The van der Waals surface area contributed by atoms with E-state index in [0.29, 0.717) is 0 Å². The fraction of sp³-hybridized carbons (Fsp3) is 0.533. The predicted molar refractivity (Wildman–Crippen MR) is 70.9 cm³/mol. The molecule has 0 bridgehead atoms. The maximum Gasteiger partial charge on any atom is 0.223 e. The SMILES string of the molecule is O=C(NC[C@@H](O)c1ccc(F)cc1F)C1CCCCC1. The Labute approximate surface area is 117 Å². The van der Waals surface area contributed by atoms with Crippen LogP contribution in [0.15, 0.2) is 18.2 Å². The fourth-order valence-corrected chi connectivity index (χ4v) is 2.59. The topological polar surface area (TPSA) is 49.3 Å². The third-order valence-corrected chi connectivity index (χ3v) is 3.77. The summed E-state index contributed by atoms with van der Waals surface area (Å²) in [6, 6.07) is 3.01. The van der Waals surface area contributed by atoms with Crippen LogP contribution in [0.25, 0.3) is 0 Å². The Bertz CT molecular complexity index is 473. The second kappa shape index (κ2) is 6.79. The van der Waals surface area contributed by atoms with Crippen molar-refractivity contribution in [1.29, 1.82) is 0 Å². The molecule has 2 rings (SSSR count). The molecule has 0 aliphatic heterocycles. The van der Waals surface area contributed by atoms with E-state index in [0.717, 1.165) is 44.2 Å². The van der Waals surface area contributed by atoms with Gasteiger partial charge in [-0.2, -0.15) is 0 Å². The molecule has 110 valence electrons. The second-order valence-electron chi connectivity index (χ2n) is 5.26. The Balaban J connectivity index is 1.87. The lowest BCUT2D eigenvalue weighted by molar-refractivity contribution is -0.126. The van der Waals surface area contributed by atoms with Crippen molar-refractivity contribution in [2.75, 3.05) is 6.54 Å². The van der Waals surface area contributed by atoms with Gasteiger partial charge in [-0.25, -0.2) is 8.78 Å². The first-order chi connectivity index (χ1) is 9.58. The summed E-state index contributed by atoms with van der Waals surface area (Å²) in [5.74, 6) is -1.59. The molecule has 0 heterocycles. The average molecular weight is 283 g/mol. The number of aliphatic hydroxyl groups is 1. The van der Waals surface area contributed by atoms with Crippen molar-refractivity contribution < 1.29 is 18.7 Å². The number of carbonyl (C=O) groups is 1. The van der Waals surface area contributed by atoms with Gasteiger partial charge in [0.1, 0.15) is 11.6 Å². The van der Waals surface area contributed by atoms with E-state index in [9.17, 15) is 18.7 Å². The van der Waals surface area contributed by atoms with Crippen molar-refractivity contribution in [3.63, 3.8) is 0 Å². The average Bonchev–Trinajstić information content (AvgIpc) is 2.45. The Morgan fingerprint density at radius 1 is 1.30 bits per heavy atom. The molecule has 1 aliphatic carbocycles. The molecule has 1 fully saturated rings. The predicted octanol–water partition coefficient (Wildman–Crippen LogP) is 2.69. The third kappa shape index (κ3) is 3.76. The van der Waals surface area contributed by atoms with Gasteiger partial charge in [-0.05, 0) is 18.9 Å². The van der Waals surface area contributed by atoms with Gasteiger partial charge in [-0.1, -0.05) is 25.3 Å². The molecular formula is C15H19F2NO2. The van der Waals surface area contributed by atoms with Gasteiger partial charge >= 0.3 is 0 Å². The van der Waals surface area contributed by atoms with Crippen molar-refractivity contribution in [2.45, 2.75) is 38.2 Å². The summed E-state index contributed by atoms with van der Waals surface area (Å²) in [5, 5.41) is 12.5. The van der Waals surface area contributed by atoms with Crippen LogP contribution in [0.5, 0.6) is 0 Å². The van der Waals surface area contributed by atoms with Crippen LogP contribution in [0.3, 0.4) is 0 Å². The highest BCUT2D eigenvalue weighted by Crippen LogP contribution is 2.24. The summed E-state index contributed by atoms with van der Waals surface area (Å²) in [6.45, 7) is -0.0577. The summed E-state index contributed by atoms with van der Waals surface area (Å²) >= 11 is 0. The van der Waals surface area contributed by atoms with E-state index in [1.807, 2.05) is 0 Å². The van der Waals surface area contributed by atoms with Crippen LogP contribution in [0.2, 0.25) is 0 Å². The molecular weight excluding hydrogens is 264 g/mol. The Morgan fingerprint density at radius 2 is 2.00 bits per heavy atom. The van der Waals surface area contributed by atoms with Gasteiger partial charge in [0.2, 0.25) is 5.91 Å². The van der Waals surface area contributed by atoms with Gasteiger partial charge < -0.3 is 10.4 Å². The number of aliphatic hydroxyl groups excluding tert-OH is 1. The van der Waals surface area contributed by atoms with Gasteiger partial charge in [0.25, 0.3) is 0 Å². The minimum absolute atomic E-state index is 0.00431. The van der Waals surface area contributed by atoms with Crippen molar-refractivity contribution in [1.82, 2.24) is 5.32 Å². The van der Waals surface area contributed by atoms with Crippen LogP contribution in [0.4, 0.5) is 8.78 Å². The van der Waals surface area contributed by atoms with E-state index >= 15 is 0 Å². The van der Waals surface area contributed by atoms with Crippen molar-refractivity contribution in [3.05, 3.63) is 35.4 Å². The molecule has 1 saturated carbocycles. The number of rotatable bonds is 4. The number of hydrogen-bond donors (Lipinski definition) is 2. The maximum absolute atomic E-state index is 13.5. The van der Waals surface area contributed by atoms with Gasteiger partial charge in [-0.3, -0.25) is 4.79 Å². The number of amides is 1. The van der Waals surface area contributed by atoms with Crippen molar-refractivity contribution >= 4 is 5.91 Å². The second-order valence-corrected chi connectivity index (χ2v) is 5.26. The number of halogens is 2. The highest BCUT2D eigenvalue weighted by molar-refractivity contribution is 5.78. The Hall–Kier alpha value is -1.49. The summed E-state index contributed by atoms with van der Waals surface area (Å²) < 4.78 is 26.2. The lowest BCUT2D eigenvalue weighted by Gasteiger charge is -2.21. The normalized spacial score (nSPS) is 17.8. The van der Waals surface area contributed by atoms with E-state index in [1.165, 1.54) is 6.07 Å². The van der Waals surface area contributed by atoms with Gasteiger partial charge in [0.15, 0.2) is 0 Å². The van der Waals surface area contributed by atoms with Crippen LogP contribution in [0.1, 0.15) is 43.8 Å². The molecule has 0 radical (unpaired) electrons. The van der Waals surface area contributed by atoms with Gasteiger partial charge in [0, 0.05) is 24.1 Å². The first-order valence-corrected chi connectivity index (χ1v) is 6.98. The highest BCUT2D eigenvalue weighted by atomic mass is 19.1. The Morgan fingerprint density at radius 3 is 2.65 bits per heavy atom. The smallest absolute Gasteiger partial charge is 0.223 e. The molecule has 0 saturated heterocycles. The van der Waals surface area contributed by atoms with Crippen molar-refractivity contribution in [2.24, 2.45) is 5.92 Å². The van der Waals surface area contributed by atoms with Gasteiger partial charge in [0.05, 0.1) is 6.10 Å². The molecule has 2 N–H and O–H groups in total. The van der Waals surface area contributed by atoms with Crippen LogP contribution in [-0.2, 0) is 4.79 Å².